The fraction of sp³-hybridized carbons (Fsp3) is 0.231. The summed E-state index contributed by atoms with van der Waals surface area (Å²) >= 11 is 6.01. The number of rotatable bonds is 10. The molecule has 202 valence electrons. The Morgan fingerprint density at radius 1 is 1.15 bits per heavy atom. The molecule has 39 heavy (non-hydrogen) atoms. The minimum absolute atomic E-state index is 0.0351. The molecule has 0 fully saturated rings. The number of halogens is 2. The van der Waals surface area contributed by atoms with Gasteiger partial charge in [0.1, 0.15) is 23.4 Å². The van der Waals surface area contributed by atoms with E-state index in [-0.39, 0.29) is 23.7 Å². The summed E-state index contributed by atoms with van der Waals surface area (Å²) in [6.07, 6.45) is 2.81. The van der Waals surface area contributed by atoms with Gasteiger partial charge in [0, 0.05) is 36.0 Å². The smallest absolute Gasteiger partial charge is 0.276 e. The molecule has 13 heteroatoms. The Morgan fingerprint density at radius 3 is 2.64 bits per heavy atom. The fourth-order valence-corrected chi connectivity index (χ4v) is 4.09. The molecular weight excluding hydrogens is 531 g/mol. The van der Waals surface area contributed by atoms with Crippen molar-refractivity contribution in [1.29, 1.82) is 0 Å². The van der Waals surface area contributed by atoms with E-state index in [0.29, 0.717) is 28.3 Å². The van der Waals surface area contributed by atoms with E-state index in [1.165, 1.54) is 13.3 Å². The van der Waals surface area contributed by atoms with Crippen molar-refractivity contribution in [2.24, 2.45) is 0 Å². The summed E-state index contributed by atoms with van der Waals surface area (Å²) in [4.78, 5) is 45.4. The standard InChI is InChI=1S/C26H24ClFN6O5/c1-3-20-23(34-39-33-20)26(37)32-22(14-4-6-16(27)7-5-14)25(36)31-21-10-15(8-9-29-21)19(13-38-2)18-11-17(28)12-30-24(18)35/h4-12,19,22H,3,13H2,1-2H3,(H,30,35)(H,32,37)(H,29,31,36)/t19-,22+/m1/s1. The number of ether oxygens (including phenoxy) is 1. The van der Waals surface area contributed by atoms with Crippen molar-refractivity contribution in [2.75, 3.05) is 19.0 Å². The van der Waals surface area contributed by atoms with E-state index in [9.17, 15) is 18.8 Å². The first-order valence-corrected chi connectivity index (χ1v) is 12.2. The highest BCUT2D eigenvalue weighted by molar-refractivity contribution is 6.30. The summed E-state index contributed by atoms with van der Waals surface area (Å²) in [7, 11) is 1.46. The van der Waals surface area contributed by atoms with Crippen LogP contribution in [-0.2, 0) is 16.0 Å². The van der Waals surface area contributed by atoms with Crippen LogP contribution in [0.5, 0.6) is 0 Å². The molecule has 0 aliphatic rings. The van der Waals surface area contributed by atoms with Crippen LogP contribution >= 0.6 is 11.6 Å². The van der Waals surface area contributed by atoms with Gasteiger partial charge >= 0.3 is 0 Å². The largest absolute Gasteiger partial charge is 0.384 e. The van der Waals surface area contributed by atoms with Crippen molar-refractivity contribution in [3.63, 3.8) is 0 Å². The number of aromatic nitrogens is 4. The Morgan fingerprint density at radius 2 is 1.92 bits per heavy atom. The van der Waals surface area contributed by atoms with Crippen molar-refractivity contribution in [3.05, 3.63) is 104 Å². The number of nitrogens with zero attached hydrogens (tertiary/aromatic N) is 3. The maximum Gasteiger partial charge on any atom is 0.276 e. The molecule has 11 nitrogen and oxygen atoms in total. The van der Waals surface area contributed by atoms with E-state index in [2.05, 4.69) is 35.5 Å². The lowest BCUT2D eigenvalue weighted by Gasteiger charge is -2.20. The number of aromatic amines is 1. The number of H-pyrrole nitrogens is 1. The fourth-order valence-electron chi connectivity index (χ4n) is 3.96. The number of methoxy groups -OCH3 is 1. The number of anilines is 1. The Hall–Kier alpha value is -4.42. The lowest BCUT2D eigenvalue weighted by atomic mass is 9.93. The van der Waals surface area contributed by atoms with Crippen molar-refractivity contribution in [3.8, 4) is 0 Å². The Balaban J connectivity index is 1.63. The minimum Gasteiger partial charge on any atom is -0.384 e. The van der Waals surface area contributed by atoms with Crippen molar-refractivity contribution < 1.29 is 23.3 Å². The second kappa shape index (κ2) is 12.4. The van der Waals surface area contributed by atoms with Crippen LogP contribution in [0, 0.1) is 5.82 Å². The first-order valence-electron chi connectivity index (χ1n) is 11.8. The molecule has 4 rings (SSSR count). The molecule has 3 aromatic heterocycles. The summed E-state index contributed by atoms with van der Waals surface area (Å²) in [5, 5.41) is 13.2. The van der Waals surface area contributed by atoms with Gasteiger partial charge in [0.05, 0.1) is 6.61 Å². The van der Waals surface area contributed by atoms with E-state index in [4.69, 9.17) is 16.3 Å². The number of pyridine rings is 2. The van der Waals surface area contributed by atoms with Crippen molar-refractivity contribution >= 4 is 29.2 Å². The molecule has 3 N–H and O–H groups in total. The molecule has 0 aliphatic carbocycles. The highest BCUT2D eigenvalue weighted by Gasteiger charge is 2.27. The van der Waals surface area contributed by atoms with Gasteiger partial charge in [-0.15, -0.1) is 0 Å². The SMILES string of the molecule is CCc1nonc1C(=O)N[C@H](C(=O)Nc1cc([C@@H](COC)c2cc(F)c[nH]c2=O)ccn1)c1ccc(Cl)cc1. The van der Waals surface area contributed by atoms with Crippen LogP contribution in [0.25, 0.3) is 0 Å². The summed E-state index contributed by atoms with van der Waals surface area (Å²) in [6, 6.07) is 9.52. The molecule has 0 radical (unpaired) electrons. The molecule has 0 saturated heterocycles. The van der Waals surface area contributed by atoms with Gasteiger partial charge in [-0.1, -0.05) is 35.8 Å². The zero-order chi connectivity index (χ0) is 27.9. The second-order valence-corrected chi connectivity index (χ2v) is 8.88. The van der Waals surface area contributed by atoms with E-state index in [1.54, 1.807) is 43.3 Å². The summed E-state index contributed by atoms with van der Waals surface area (Å²) in [5.74, 6) is -2.39. The first-order chi connectivity index (χ1) is 18.8. The number of benzene rings is 1. The number of aryl methyl sites for hydroxylation is 1. The zero-order valence-corrected chi connectivity index (χ0v) is 21.7. The Bertz CT molecular complexity index is 1520. The third kappa shape index (κ3) is 6.54. The molecule has 2 atom stereocenters. The Labute approximate surface area is 226 Å². The van der Waals surface area contributed by atoms with Crippen LogP contribution in [-0.4, -0.2) is 45.8 Å². The van der Waals surface area contributed by atoms with Crippen LogP contribution in [0.3, 0.4) is 0 Å². The molecule has 4 aromatic rings. The Kier molecular flexibility index (Phi) is 8.79. The van der Waals surface area contributed by atoms with Crippen molar-refractivity contribution in [1.82, 2.24) is 25.6 Å². The van der Waals surface area contributed by atoms with Gasteiger partial charge in [0.25, 0.3) is 17.4 Å². The van der Waals surface area contributed by atoms with Crippen LogP contribution in [0.1, 0.15) is 51.8 Å². The predicted octanol–water partition coefficient (Wildman–Crippen LogP) is 3.40. The van der Waals surface area contributed by atoms with Gasteiger partial charge in [-0.05, 0) is 53.0 Å². The quantitative estimate of drug-likeness (QED) is 0.270. The predicted molar refractivity (Wildman–Crippen MR) is 139 cm³/mol. The molecule has 1 aromatic carbocycles. The maximum atomic E-state index is 13.9. The number of hydrogen-bond acceptors (Lipinski definition) is 8. The summed E-state index contributed by atoms with van der Waals surface area (Å²) < 4.78 is 23.9. The molecule has 0 aliphatic heterocycles. The third-order valence-corrected chi connectivity index (χ3v) is 6.14. The van der Waals surface area contributed by atoms with E-state index < -0.39 is 35.2 Å². The van der Waals surface area contributed by atoms with E-state index >= 15 is 0 Å². The van der Waals surface area contributed by atoms with Crippen LogP contribution < -0.4 is 16.2 Å². The topological polar surface area (TPSA) is 152 Å². The number of carbonyl (C=O) groups excluding carboxylic acids is 2. The van der Waals surface area contributed by atoms with Gasteiger partial charge < -0.3 is 20.4 Å². The monoisotopic (exact) mass is 554 g/mol. The molecule has 0 bridgehead atoms. The highest BCUT2D eigenvalue weighted by Crippen LogP contribution is 2.25. The number of nitrogens with one attached hydrogen (secondary N) is 3. The lowest BCUT2D eigenvalue weighted by Crippen LogP contribution is -2.37. The first kappa shape index (κ1) is 27.6. The van der Waals surface area contributed by atoms with Crippen LogP contribution in [0.15, 0.2) is 64.3 Å². The van der Waals surface area contributed by atoms with Gasteiger partial charge in [-0.3, -0.25) is 14.4 Å². The summed E-state index contributed by atoms with van der Waals surface area (Å²) in [5.41, 5.74) is 0.978. The van der Waals surface area contributed by atoms with Gasteiger partial charge in [0.15, 0.2) is 5.69 Å². The maximum absolute atomic E-state index is 13.9. The van der Waals surface area contributed by atoms with E-state index in [0.717, 1.165) is 12.3 Å². The number of carbonyl (C=O) groups is 2. The molecule has 3 heterocycles. The van der Waals surface area contributed by atoms with Gasteiger partial charge in [-0.2, -0.15) is 0 Å². The molecular formula is C26H24ClFN6O5. The van der Waals surface area contributed by atoms with Crippen LogP contribution in [0.4, 0.5) is 10.2 Å². The lowest BCUT2D eigenvalue weighted by molar-refractivity contribution is -0.118. The van der Waals surface area contributed by atoms with Gasteiger partial charge in [0.2, 0.25) is 0 Å². The van der Waals surface area contributed by atoms with Gasteiger partial charge in [-0.25, -0.2) is 14.0 Å². The normalized spacial score (nSPS) is 12.5. The number of hydrogen-bond donors (Lipinski definition) is 3. The molecule has 2 amide bonds. The molecule has 0 saturated carbocycles. The molecule has 0 spiro atoms. The van der Waals surface area contributed by atoms with Crippen molar-refractivity contribution in [2.45, 2.75) is 25.3 Å². The second-order valence-electron chi connectivity index (χ2n) is 8.45. The number of amides is 2. The van der Waals surface area contributed by atoms with E-state index in [1.807, 2.05) is 0 Å². The average molecular weight is 555 g/mol. The molecule has 0 unspecified atom stereocenters. The van der Waals surface area contributed by atoms with Crippen LogP contribution in [0.2, 0.25) is 5.02 Å². The minimum atomic E-state index is -1.16. The highest BCUT2D eigenvalue weighted by atomic mass is 35.5. The third-order valence-electron chi connectivity index (χ3n) is 5.89. The zero-order valence-electron chi connectivity index (χ0n) is 20.9. The summed E-state index contributed by atoms with van der Waals surface area (Å²) in [6.45, 7) is 1.85. The average Bonchev–Trinajstić information content (AvgIpc) is 3.42.